The van der Waals surface area contributed by atoms with Crippen LogP contribution in [-0.2, 0) is 20.4 Å². The van der Waals surface area contributed by atoms with Crippen molar-refractivity contribution >= 4 is 28.9 Å². The number of benzene rings is 3. The van der Waals surface area contributed by atoms with Crippen molar-refractivity contribution < 1.29 is 19.1 Å². The number of nitrogens with one attached hydrogen (secondary N) is 1. The number of amides is 2. The van der Waals surface area contributed by atoms with Crippen molar-refractivity contribution in [2.24, 2.45) is 5.10 Å². The van der Waals surface area contributed by atoms with Crippen LogP contribution in [0, 0.1) is 6.92 Å². The number of carbonyl (C=O) groups is 2. The monoisotopic (exact) mass is 597 g/mol. The molecule has 3 aromatic carbocycles. The van der Waals surface area contributed by atoms with E-state index in [0.29, 0.717) is 35.0 Å². The second-order valence-electron chi connectivity index (χ2n) is 12.9. The van der Waals surface area contributed by atoms with Gasteiger partial charge < -0.3 is 14.8 Å². The molecule has 7 nitrogen and oxygen atoms in total. The van der Waals surface area contributed by atoms with Gasteiger partial charge in [-0.1, -0.05) is 90.4 Å². The first-order valence-electron chi connectivity index (χ1n) is 15.6. The molecule has 3 aromatic rings. The minimum Gasteiger partial charge on any atom is -0.480 e. The lowest BCUT2D eigenvalue weighted by Gasteiger charge is -2.31. The number of hydrogen-bond donors (Lipinski definition) is 1. The minimum absolute atomic E-state index is 0.0281. The summed E-state index contributed by atoms with van der Waals surface area (Å²) in [6, 6.07) is 21.1. The molecule has 0 radical (unpaired) electrons. The van der Waals surface area contributed by atoms with Gasteiger partial charge in [0.2, 0.25) is 6.10 Å². The molecule has 7 heteroatoms. The Morgan fingerprint density at radius 1 is 0.932 bits per heavy atom. The fourth-order valence-corrected chi connectivity index (χ4v) is 5.04. The highest BCUT2D eigenvalue weighted by Gasteiger charge is 2.38. The van der Waals surface area contributed by atoms with Crippen molar-refractivity contribution in [1.82, 2.24) is 0 Å². The number of hydrazone groups is 1. The molecule has 2 atom stereocenters. The SMILES string of the molecule is CCC(Oc1ccc(C(C)(C)CC)cc1C(C)(C)CC)C(=O)Nc1ccccc1N1N=C(C)C(Oc2ccc(C)cc2)C1=O. The van der Waals surface area contributed by atoms with Crippen LogP contribution in [0.3, 0.4) is 0 Å². The van der Waals surface area contributed by atoms with Gasteiger partial charge >= 0.3 is 0 Å². The number of anilines is 2. The summed E-state index contributed by atoms with van der Waals surface area (Å²) in [6.45, 7) is 19.0. The van der Waals surface area contributed by atoms with Crippen molar-refractivity contribution in [2.75, 3.05) is 10.3 Å². The van der Waals surface area contributed by atoms with Gasteiger partial charge in [0, 0.05) is 5.56 Å². The second kappa shape index (κ2) is 13.2. The Bertz CT molecular complexity index is 1520. The van der Waals surface area contributed by atoms with Gasteiger partial charge in [-0.05, 0) is 79.8 Å². The quantitative estimate of drug-likeness (QED) is 0.228. The molecule has 2 amide bonds. The number of ether oxygens (including phenoxy) is 2. The van der Waals surface area contributed by atoms with Crippen LogP contribution in [0.25, 0.3) is 0 Å². The Hall–Kier alpha value is -4.13. The largest absolute Gasteiger partial charge is 0.480 e. The van der Waals surface area contributed by atoms with E-state index in [2.05, 4.69) is 64.1 Å². The normalized spacial score (nSPS) is 16.0. The predicted octanol–water partition coefficient (Wildman–Crippen LogP) is 8.34. The Kier molecular flexibility index (Phi) is 9.87. The molecule has 0 aliphatic carbocycles. The van der Waals surface area contributed by atoms with Crippen molar-refractivity contribution in [3.8, 4) is 11.5 Å². The highest BCUT2D eigenvalue weighted by atomic mass is 16.5. The number of para-hydroxylation sites is 2. The molecule has 0 saturated heterocycles. The van der Waals surface area contributed by atoms with Gasteiger partial charge in [0.1, 0.15) is 11.5 Å². The highest BCUT2D eigenvalue weighted by Crippen LogP contribution is 2.39. The molecular formula is C37H47N3O4. The fraction of sp³-hybridized carbons (Fsp3) is 0.432. The molecule has 1 aliphatic heterocycles. The Morgan fingerprint density at radius 2 is 1.59 bits per heavy atom. The maximum atomic E-state index is 13.7. The second-order valence-corrected chi connectivity index (χ2v) is 12.9. The summed E-state index contributed by atoms with van der Waals surface area (Å²) in [5.74, 6) is 0.688. The summed E-state index contributed by atoms with van der Waals surface area (Å²) in [4.78, 5) is 27.2. The van der Waals surface area contributed by atoms with Crippen LogP contribution in [-0.4, -0.2) is 29.7 Å². The van der Waals surface area contributed by atoms with E-state index in [0.717, 1.165) is 24.0 Å². The maximum Gasteiger partial charge on any atom is 0.294 e. The molecule has 2 unspecified atom stereocenters. The third-order valence-corrected chi connectivity index (χ3v) is 8.93. The van der Waals surface area contributed by atoms with Crippen molar-refractivity contribution in [3.05, 3.63) is 83.4 Å². The van der Waals surface area contributed by atoms with E-state index >= 15 is 0 Å². The lowest BCUT2D eigenvalue weighted by molar-refractivity contribution is -0.123. The van der Waals surface area contributed by atoms with Crippen LogP contribution >= 0.6 is 0 Å². The van der Waals surface area contributed by atoms with Crippen molar-refractivity contribution in [1.29, 1.82) is 0 Å². The Morgan fingerprint density at radius 3 is 2.23 bits per heavy atom. The standard InChI is InChI=1S/C37H47N3O4/c1-10-31(44-32-22-19-26(36(6,7)11-2)23-28(32)37(8,9)12-3)34(41)38-29-15-13-14-16-30(29)40-35(42)33(25(5)39-40)43-27-20-17-24(4)18-21-27/h13-23,31,33H,10-12H2,1-9H3,(H,38,41). The van der Waals surface area contributed by atoms with Crippen LogP contribution in [0.5, 0.6) is 11.5 Å². The number of aryl methyl sites for hydroxylation is 1. The third-order valence-electron chi connectivity index (χ3n) is 8.93. The lowest BCUT2D eigenvalue weighted by atomic mass is 9.76. The van der Waals surface area contributed by atoms with Crippen LogP contribution < -0.4 is 19.8 Å². The zero-order chi connectivity index (χ0) is 32.2. The highest BCUT2D eigenvalue weighted by molar-refractivity contribution is 6.18. The summed E-state index contributed by atoms with van der Waals surface area (Å²) in [6.07, 6.45) is 0.814. The first-order chi connectivity index (χ1) is 20.8. The molecule has 1 heterocycles. The zero-order valence-corrected chi connectivity index (χ0v) is 27.7. The molecule has 4 rings (SSSR count). The van der Waals surface area contributed by atoms with E-state index in [1.165, 1.54) is 10.6 Å². The van der Waals surface area contributed by atoms with Crippen LogP contribution in [0.15, 0.2) is 71.8 Å². The summed E-state index contributed by atoms with van der Waals surface area (Å²) in [5.41, 5.74) is 4.81. The fourth-order valence-electron chi connectivity index (χ4n) is 5.04. The number of nitrogens with zero attached hydrogens (tertiary/aromatic N) is 2. The topological polar surface area (TPSA) is 80.2 Å². The van der Waals surface area contributed by atoms with E-state index in [4.69, 9.17) is 9.47 Å². The third kappa shape index (κ3) is 6.98. The maximum absolute atomic E-state index is 13.7. The smallest absolute Gasteiger partial charge is 0.294 e. The van der Waals surface area contributed by atoms with Gasteiger partial charge in [0.25, 0.3) is 11.8 Å². The van der Waals surface area contributed by atoms with Crippen molar-refractivity contribution in [2.45, 2.75) is 105 Å². The first-order valence-corrected chi connectivity index (χ1v) is 15.6. The summed E-state index contributed by atoms with van der Waals surface area (Å²) < 4.78 is 12.5. The van der Waals surface area contributed by atoms with Gasteiger partial charge in [0.15, 0.2) is 6.10 Å². The summed E-state index contributed by atoms with van der Waals surface area (Å²) in [7, 11) is 0. The average molecular weight is 598 g/mol. The van der Waals surface area contributed by atoms with E-state index in [-0.39, 0.29) is 22.6 Å². The van der Waals surface area contributed by atoms with E-state index < -0.39 is 12.2 Å². The van der Waals surface area contributed by atoms with Gasteiger partial charge in [-0.25, -0.2) is 0 Å². The number of carbonyl (C=O) groups excluding carboxylic acids is 2. The Balaban J connectivity index is 1.56. The molecule has 1 aliphatic rings. The molecule has 0 bridgehead atoms. The molecule has 0 saturated carbocycles. The molecular weight excluding hydrogens is 550 g/mol. The van der Waals surface area contributed by atoms with Crippen LogP contribution in [0.1, 0.15) is 91.3 Å². The predicted molar refractivity (Wildman–Crippen MR) is 179 cm³/mol. The van der Waals surface area contributed by atoms with E-state index in [9.17, 15) is 9.59 Å². The first kappa shape index (κ1) is 32.8. The van der Waals surface area contributed by atoms with Gasteiger partial charge in [0.05, 0.1) is 17.1 Å². The van der Waals surface area contributed by atoms with Gasteiger partial charge in [-0.15, -0.1) is 0 Å². The summed E-state index contributed by atoms with van der Waals surface area (Å²) in [5, 5.41) is 8.83. The molecule has 44 heavy (non-hydrogen) atoms. The Labute approximate surface area is 262 Å². The van der Waals surface area contributed by atoms with E-state index in [1.807, 2.05) is 56.3 Å². The lowest BCUT2D eigenvalue weighted by Crippen LogP contribution is -2.37. The van der Waals surface area contributed by atoms with Crippen LogP contribution in [0.4, 0.5) is 11.4 Å². The molecule has 0 fully saturated rings. The molecule has 1 N–H and O–H groups in total. The van der Waals surface area contributed by atoms with Crippen LogP contribution in [0.2, 0.25) is 0 Å². The van der Waals surface area contributed by atoms with E-state index in [1.54, 1.807) is 19.1 Å². The molecule has 0 aromatic heterocycles. The zero-order valence-electron chi connectivity index (χ0n) is 27.7. The van der Waals surface area contributed by atoms with Gasteiger partial charge in [-0.3, -0.25) is 9.59 Å². The number of rotatable bonds is 12. The summed E-state index contributed by atoms with van der Waals surface area (Å²) >= 11 is 0. The molecule has 234 valence electrons. The minimum atomic E-state index is -0.853. The van der Waals surface area contributed by atoms with Gasteiger partial charge in [-0.2, -0.15) is 10.1 Å². The van der Waals surface area contributed by atoms with Crippen molar-refractivity contribution in [3.63, 3.8) is 0 Å². The molecule has 0 spiro atoms. The number of hydrogen-bond acceptors (Lipinski definition) is 5. The average Bonchev–Trinajstić information content (AvgIpc) is 3.29.